The Kier molecular flexibility index (Phi) is 4.16. The number of hydrogen-bond donors (Lipinski definition) is 2. The van der Waals surface area contributed by atoms with Crippen molar-refractivity contribution in [2.24, 2.45) is 0 Å². The quantitative estimate of drug-likeness (QED) is 0.823. The molecule has 0 unspecified atom stereocenters. The molecule has 1 atom stereocenters. The largest absolute Gasteiger partial charge is 0.508 e. The van der Waals surface area contributed by atoms with Crippen LogP contribution < -0.4 is 15.0 Å². The summed E-state index contributed by atoms with van der Waals surface area (Å²) in [5, 5.41) is 12.0. The predicted molar refractivity (Wildman–Crippen MR) is 80.2 cm³/mol. The van der Waals surface area contributed by atoms with Gasteiger partial charge in [0.15, 0.2) is 0 Å². The predicted octanol–water partition coefficient (Wildman–Crippen LogP) is 1.64. The first-order valence-electron chi connectivity index (χ1n) is 6.90. The van der Waals surface area contributed by atoms with E-state index in [1.165, 1.54) is 17.0 Å². The van der Waals surface area contributed by atoms with E-state index in [2.05, 4.69) is 5.32 Å². The third-order valence-corrected chi connectivity index (χ3v) is 3.03. The number of hydrogen-bond acceptors (Lipinski definition) is 5. The second kappa shape index (κ2) is 5.75. The molecule has 0 aliphatic carbocycles. The number of carbonyl (C=O) groups is 2. The summed E-state index contributed by atoms with van der Waals surface area (Å²) in [6, 6.07) is 3.61. The molecule has 1 aromatic rings. The number of alkyl carbamates (subject to hydrolysis) is 1. The molecule has 22 heavy (non-hydrogen) atoms. The Morgan fingerprint density at radius 1 is 1.45 bits per heavy atom. The van der Waals surface area contributed by atoms with E-state index < -0.39 is 17.7 Å². The van der Waals surface area contributed by atoms with Crippen LogP contribution in [0.1, 0.15) is 20.8 Å². The molecular formula is C15H20N2O5. The summed E-state index contributed by atoms with van der Waals surface area (Å²) in [6.45, 7) is 5.17. The maximum Gasteiger partial charge on any atom is 0.408 e. The van der Waals surface area contributed by atoms with Gasteiger partial charge in [-0.1, -0.05) is 0 Å². The molecule has 1 aliphatic rings. The number of nitrogens with zero attached hydrogens (tertiary/aromatic N) is 1. The second-order valence-electron chi connectivity index (χ2n) is 6.06. The number of fused-ring (bicyclic) bond motifs is 1. The Morgan fingerprint density at radius 3 is 2.77 bits per heavy atom. The fourth-order valence-corrected chi connectivity index (χ4v) is 2.05. The van der Waals surface area contributed by atoms with Crippen LogP contribution in [0.2, 0.25) is 0 Å². The maximum absolute atomic E-state index is 12.4. The highest BCUT2D eigenvalue weighted by atomic mass is 16.6. The fraction of sp³-hybridized carbons (Fsp3) is 0.467. The zero-order chi connectivity index (χ0) is 16.5. The molecule has 1 aromatic carbocycles. The Hall–Kier alpha value is -2.44. The average Bonchev–Trinajstić information content (AvgIpc) is 2.49. The molecule has 2 amide bonds. The highest BCUT2D eigenvalue weighted by Crippen LogP contribution is 2.33. The van der Waals surface area contributed by atoms with Gasteiger partial charge in [0, 0.05) is 13.1 Å². The maximum atomic E-state index is 12.4. The van der Waals surface area contributed by atoms with Gasteiger partial charge in [-0.25, -0.2) is 4.79 Å². The lowest BCUT2D eigenvalue weighted by atomic mass is 10.2. The molecular weight excluding hydrogens is 288 g/mol. The van der Waals surface area contributed by atoms with Crippen molar-refractivity contribution in [2.45, 2.75) is 32.4 Å². The molecule has 1 heterocycles. The van der Waals surface area contributed by atoms with E-state index >= 15 is 0 Å². The van der Waals surface area contributed by atoms with E-state index in [1.54, 1.807) is 33.9 Å². The molecule has 0 fully saturated rings. The van der Waals surface area contributed by atoms with E-state index in [4.69, 9.17) is 9.47 Å². The lowest BCUT2D eigenvalue weighted by Gasteiger charge is -2.23. The number of ether oxygens (including phenoxy) is 2. The minimum Gasteiger partial charge on any atom is -0.508 e. The summed E-state index contributed by atoms with van der Waals surface area (Å²) in [5.41, 5.74) is -0.129. The van der Waals surface area contributed by atoms with Crippen molar-refractivity contribution in [1.29, 1.82) is 0 Å². The van der Waals surface area contributed by atoms with Crippen molar-refractivity contribution in [3.63, 3.8) is 0 Å². The molecule has 7 nitrogen and oxygen atoms in total. The number of anilines is 1. The minimum absolute atomic E-state index is 0.0400. The molecule has 2 N–H and O–H groups in total. The summed E-state index contributed by atoms with van der Waals surface area (Å²) >= 11 is 0. The van der Waals surface area contributed by atoms with Gasteiger partial charge in [-0.3, -0.25) is 4.79 Å². The van der Waals surface area contributed by atoms with Crippen LogP contribution in [0.5, 0.6) is 11.5 Å². The molecule has 0 aromatic heterocycles. The number of benzene rings is 1. The van der Waals surface area contributed by atoms with Crippen LogP contribution in [0, 0.1) is 0 Å². The summed E-state index contributed by atoms with van der Waals surface area (Å²) < 4.78 is 10.7. The van der Waals surface area contributed by atoms with Gasteiger partial charge in [0.05, 0.1) is 5.69 Å². The lowest BCUT2D eigenvalue weighted by Crippen LogP contribution is -2.50. The zero-order valence-corrected chi connectivity index (χ0v) is 13.0. The first-order chi connectivity index (χ1) is 10.2. The molecule has 0 saturated heterocycles. The molecule has 7 heteroatoms. The monoisotopic (exact) mass is 308 g/mol. The summed E-state index contributed by atoms with van der Waals surface area (Å²) in [7, 11) is 1.58. The smallest absolute Gasteiger partial charge is 0.408 e. The lowest BCUT2D eigenvalue weighted by molar-refractivity contribution is -0.120. The molecule has 0 saturated carbocycles. The molecule has 120 valence electrons. The number of amides is 2. The molecule has 0 radical (unpaired) electrons. The van der Waals surface area contributed by atoms with Gasteiger partial charge < -0.3 is 24.8 Å². The molecule has 0 bridgehead atoms. The zero-order valence-electron chi connectivity index (χ0n) is 13.0. The number of likely N-dealkylation sites (N-methyl/N-ethyl adjacent to an activating group) is 1. The Bertz CT molecular complexity index is 594. The summed E-state index contributed by atoms with van der Waals surface area (Å²) in [4.78, 5) is 25.6. The van der Waals surface area contributed by atoms with Gasteiger partial charge in [0.2, 0.25) is 0 Å². The number of rotatable bonds is 1. The summed E-state index contributed by atoms with van der Waals surface area (Å²) in [6.07, 6.45) is -0.684. The Morgan fingerprint density at radius 2 is 2.14 bits per heavy atom. The van der Waals surface area contributed by atoms with E-state index in [1.807, 2.05) is 0 Å². The number of phenolic OH excluding ortho intramolecular Hbond substituents is 1. The van der Waals surface area contributed by atoms with Gasteiger partial charge in [-0.05, 0) is 32.9 Å². The van der Waals surface area contributed by atoms with Crippen LogP contribution in [-0.2, 0) is 9.53 Å². The fourth-order valence-electron chi connectivity index (χ4n) is 2.05. The standard InChI is InChI=1S/C15H20N2O5/c1-15(2,3)22-14(20)16-10-8-21-12-7-9(18)5-6-11(12)17(4)13(10)19/h5-7,10,18H,8H2,1-4H3,(H,16,20)/t10-/m0/s1. The van der Waals surface area contributed by atoms with E-state index in [0.717, 1.165) is 0 Å². The third kappa shape index (κ3) is 3.60. The van der Waals surface area contributed by atoms with Crippen LogP contribution in [0.25, 0.3) is 0 Å². The van der Waals surface area contributed by atoms with E-state index in [9.17, 15) is 14.7 Å². The Balaban J connectivity index is 2.14. The van der Waals surface area contributed by atoms with Crippen molar-refractivity contribution >= 4 is 17.7 Å². The third-order valence-electron chi connectivity index (χ3n) is 3.03. The van der Waals surface area contributed by atoms with Crippen LogP contribution in [-0.4, -0.2) is 42.4 Å². The van der Waals surface area contributed by atoms with E-state index in [0.29, 0.717) is 11.4 Å². The van der Waals surface area contributed by atoms with Gasteiger partial charge in [0.1, 0.15) is 29.7 Å². The normalized spacial score (nSPS) is 18.1. The SMILES string of the molecule is CN1C(=O)[C@@H](NC(=O)OC(C)(C)C)COc2cc(O)ccc21. The van der Waals surface area contributed by atoms with E-state index in [-0.39, 0.29) is 18.3 Å². The van der Waals surface area contributed by atoms with Crippen molar-refractivity contribution < 1.29 is 24.2 Å². The van der Waals surface area contributed by atoms with Crippen LogP contribution in [0.4, 0.5) is 10.5 Å². The topological polar surface area (TPSA) is 88.1 Å². The van der Waals surface area contributed by atoms with Crippen LogP contribution in [0.3, 0.4) is 0 Å². The first kappa shape index (κ1) is 15.9. The van der Waals surface area contributed by atoms with Gasteiger partial charge in [0.25, 0.3) is 5.91 Å². The van der Waals surface area contributed by atoms with Gasteiger partial charge in [-0.15, -0.1) is 0 Å². The number of carbonyl (C=O) groups excluding carboxylic acids is 2. The number of nitrogens with one attached hydrogen (secondary N) is 1. The average molecular weight is 308 g/mol. The van der Waals surface area contributed by atoms with Gasteiger partial charge >= 0.3 is 6.09 Å². The van der Waals surface area contributed by atoms with Crippen molar-refractivity contribution in [2.75, 3.05) is 18.6 Å². The van der Waals surface area contributed by atoms with Gasteiger partial charge in [-0.2, -0.15) is 0 Å². The molecule has 1 aliphatic heterocycles. The Labute approximate surface area is 128 Å². The highest BCUT2D eigenvalue weighted by Gasteiger charge is 2.31. The number of aromatic hydroxyl groups is 1. The molecule has 2 rings (SSSR count). The van der Waals surface area contributed by atoms with Crippen molar-refractivity contribution in [1.82, 2.24) is 5.32 Å². The van der Waals surface area contributed by atoms with Crippen LogP contribution >= 0.6 is 0 Å². The first-order valence-corrected chi connectivity index (χ1v) is 6.90. The molecule has 0 spiro atoms. The van der Waals surface area contributed by atoms with Crippen molar-refractivity contribution in [3.05, 3.63) is 18.2 Å². The minimum atomic E-state index is -0.866. The highest BCUT2D eigenvalue weighted by molar-refractivity contribution is 6.00. The number of phenols is 1. The van der Waals surface area contributed by atoms with Crippen molar-refractivity contribution in [3.8, 4) is 11.5 Å². The van der Waals surface area contributed by atoms with Crippen LogP contribution in [0.15, 0.2) is 18.2 Å². The summed E-state index contributed by atoms with van der Waals surface area (Å²) in [5.74, 6) is 0.0952. The second-order valence-corrected chi connectivity index (χ2v) is 6.06.